The Bertz CT molecular complexity index is 328. The van der Waals surface area contributed by atoms with Gasteiger partial charge >= 0.3 is 0 Å². The molecule has 0 atom stereocenters. The first-order valence-electron chi connectivity index (χ1n) is 6.41. The van der Waals surface area contributed by atoms with Gasteiger partial charge in [0.2, 0.25) is 6.29 Å². The SMILES string of the molecule is CCOC(OCC)c1nc(C2CCCC2)no1. The van der Waals surface area contributed by atoms with Crippen molar-refractivity contribution in [3.8, 4) is 0 Å². The highest BCUT2D eigenvalue weighted by Crippen LogP contribution is 2.33. The molecule has 1 aromatic rings. The molecule has 0 aliphatic heterocycles. The van der Waals surface area contributed by atoms with Gasteiger partial charge in [-0.05, 0) is 26.7 Å². The van der Waals surface area contributed by atoms with Crippen molar-refractivity contribution in [2.24, 2.45) is 0 Å². The van der Waals surface area contributed by atoms with Gasteiger partial charge in [0, 0.05) is 19.1 Å². The first-order valence-corrected chi connectivity index (χ1v) is 6.41. The van der Waals surface area contributed by atoms with Crippen LogP contribution in [-0.4, -0.2) is 23.4 Å². The second-order valence-electron chi connectivity index (χ2n) is 4.21. The monoisotopic (exact) mass is 240 g/mol. The van der Waals surface area contributed by atoms with E-state index in [1.807, 2.05) is 13.8 Å². The van der Waals surface area contributed by atoms with Crippen molar-refractivity contribution in [3.63, 3.8) is 0 Å². The molecule has 1 saturated carbocycles. The summed E-state index contributed by atoms with van der Waals surface area (Å²) in [5.41, 5.74) is 0. The largest absolute Gasteiger partial charge is 0.345 e. The molecule has 0 saturated heterocycles. The Balaban J connectivity index is 2.03. The number of aromatic nitrogens is 2. The highest BCUT2D eigenvalue weighted by Gasteiger charge is 2.25. The Morgan fingerprint density at radius 1 is 1.24 bits per heavy atom. The molecule has 0 radical (unpaired) electrons. The predicted molar refractivity (Wildman–Crippen MR) is 61.5 cm³/mol. The quantitative estimate of drug-likeness (QED) is 0.715. The topological polar surface area (TPSA) is 57.4 Å². The van der Waals surface area contributed by atoms with Gasteiger partial charge in [-0.1, -0.05) is 18.0 Å². The Kier molecular flexibility index (Phi) is 4.50. The summed E-state index contributed by atoms with van der Waals surface area (Å²) in [5.74, 6) is 1.70. The van der Waals surface area contributed by atoms with Crippen LogP contribution in [0.15, 0.2) is 4.52 Å². The average molecular weight is 240 g/mol. The van der Waals surface area contributed by atoms with E-state index in [0.29, 0.717) is 25.0 Å². The van der Waals surface area contributed by atoms with E-state index in [2.05, 4.69) is 10.1 Å². The van der Waals surface area contributed by atoms with Gasteiger partial charge in [0.05, 0.1) is 0 Å². The Morgan fingerprint density at radius 3 is 2.47 bits per heavy atom. The summed E-state index contributed by atoms with van der Waals surface area (Å²) in [6.07, 6.45) is 4.32. The standard InChI is InChI=1S/C12H20N2O3/c1-3-15-12(16-4-2)11-13-10(14-17-11)9-7-5-6-8-9/h9,12H,3-8H2,1-2H3. The van der Waals surface area contributed by atoms with Crippen LogP contribution in [0.3, 0.4) is 0 Å². The summed E-state index contributed by atoms with van der Waals surface area (Å²) in [5, 5.41) is 4.04. The van der Waals surface area contributed by atoms with Gasteiger partial charge in [-0.3, -0.25) is 0 Å². The maximum atomic E-state index is 5.43. The summed E-state index contributed by atoms with van der Waals surface area (Å²) >= 11 is 0. The lowest BCUT2D eigenvalue weighted by atomic mass is 10.1. The molecular weight excluding hydrogens is 220 g/mol. The lowest BCUT2D eigenvalue weighted by Crippen LogP contribution is -2.09. The first kappa shape index (κ1) is 12.5. The number of hydrogen-bond donors (Lipinski definition) is 0. The molecule has 0 bridgehead atoms. The van der Waals surface area contributed by atoms with Crippen LogP contribution in [0.25, 0.3) is 0 Å². The molecule has 1 fully saturated rings. The third kappa shape index (κ3) is 3.04. The number of ether oxygens (including phenoxy) is 2. The Morgan fingerprint density at radius 2 is 1.88 bits per heavy atom. The molecule has 5 heteroatoms. The lowest BCUT2D eigenvalue weighted by molar-refractivity contribution is -0.155. The molecule has 0 spiro atoms. The fourth-order valence-corrected chi connectivity index (χ4v) is 2.19. The van der Waals surface area contributed by atoms with E-state index in [4.69, 9.17) is 14.0 Å². The minimum atomic E-state index is -0.521. The van der Waals surface area contributed by atoms with Crippen LogP contribution >= 0.6 is 0 Å². The van der Waals surface area contributed by atoms with Gasteiger partial charge in [0.15, 0.2) is 5.82 Å². The molecule has 0 amide bonds. The zero-order chi connectivity index (χ0) is 12.1. The molecule has 1 aliphatic rings. The highest BCUT2D eigenvalue weighted by molar-refractivity contribution is 4.98. The second-order valence-corrected chi connectivity index (χ2v) is 4.21. The zero-order valence-corrected chi connectivity index (χ0v) is 10.5. The smallest absolute Gasteiger partial charge is 0.283 e. The van der Waals surface area contributed by atoms with Crippen LogP contribution in [-0.2, 0) is 9.47 Å². The summed E-state index contributed by atoms with van der Waals surface area (Å²) < 4.78 is 16.1. The van der Waals surface area contributed by atoms with Crippen molar-refractivity contribution in [2.45, 2.75) is 51.7 Å². The normalized spacial score (nSPS) is 17.1. The van der Waals surface area contributed by atoms with Crippen LogP contribution in [0.1, 0.15) is 63.5 Å². The molecule has 1 aliphatic carbocycles. The summed E-state index contributed by atoms with van der Waals surface area (Å²) in [4.78, 5) is 4.40. The third-order valence-corrected chi connectivity index (χ3v) is 3.02. The van der Waals surface area contributed by atoms with E-state index in [9.17, 15) is 0 Å². The summed E-state index contributed by atoms with van der Waals surface area (Å²) in [6, 6.07) is 0. The minimum Gasteiger partial charge on any atom is -0.345 e. The van der Waals surface area contributed by atoms with E-state index in [0.717, 1.165) is 18.7 Å². The van der Waals surface area contributed by atoms with Crippen molar-refractivity contribution >= 4 is 0 Å². The highest BCUT2D eigenvalue weighted by atomic mass is 16.7. The summed E-state index contributed by atoms with van der Waals surface area (Å²) in [6.45, 7) is 4.96. The van der Waals surface area contributed by atoms with Gasteiger partial charge < -0.3 is 14.0 Å². The maximum Gasteiger partial charge on any atom is 0.283 e. The van der Waals surface area contributed by atoms with Gasteiger partial charge in [-0.15, -0.1) is 0 Å². The molecule has 17 heavy (non-hydrogen) atoms. The van der Waals surface area contributed by atoms with Crippen LogP contribution in [0, 0.1) is 0 Å². The molecule has 1 heterocycles. The number of rotatable bonds is 6. The molecular formula is C12H20N2O3. The fourth-order valence-electron chi connectivity index (χ4n) is 2.19. The first-order chi connectivity index (χ1) is 8.35. The third-order valence-electron chi connectivity index (χ3n) is 3.02. The lowest BCUT2D eigenvalue weighted by Gasteiger charge is -2.11. The molecule has 0 aromatic carbocycles. The second kappa shape index (κ2) is 6.12. The fraction of sp³-hybridized carbons (Fsp3) is 0.833. The van der Waals surface area contributed by atoms with Crippen molar-refractivity contribution < 1.29 is 14.0 Å². The number of nitrogens with zero attached hydrogens (tertiary/aromatic N) is 2. The van der Waals surface area contributed by atoms with Crippen molar-refractivity contribution in [1.29, 1.82) is 0 Å². The van der Waals surface area contributed by atoms with Crippen LogP contribution in [0.4, 0.5) is 0 Å². The Hall–Kier alpha value is -0.940. The van der Waals surface area contributed by atoms with E-state index in [1.54, 1.807) is 0 Å². The van der Waals surface area contributed by atoms with E-state index in [-0.39, 0.29) is 0 Å². The molecule has 0 N–H and O–H groups in total. The molecule has 2 rings (SSSR count). The van der Waals surface area contributed by atoms with Gasteiger partial charge in [0.25, 0.3) is 5.89 Å². The van der Waals surface area contributed by atoms with Crippen molar-refractivity contribution in [1.82, 2.24) is 10.1 Å². The van der Waals surface area contributed by atoms with Crippen molar-refractivity contribution in [3.05, 3.63) is 11.7 Å². The molecule has 96 valence electrons. The summed E-state index contributed by atoms with van der Waals surface area (Å²) in [7, 11) is 0. The van der Waals surface area contributed by atoms with E-state index in [1.165, 1.54) is 12.8 Å². The maximum absolute atomic E-state index is 5.43. The number of hydrogen-bond acceptors (Lipinski definition) is 5. The van der Waals surface area contributed by atoms with Gasteiger partial charge in [-0.25, -0.2) is 0 Å². The van der Waals surface area contributed by atoms with E-state index >= 15 is 0 Å². The average Bonchev–Trinajstić information content (AvgIpc) is 2.99. The molecule has 5 nitrogen and oxygen atoms in total. The Labute approximate surface area is 101 Å². The minimum absolute atomic E-state index is 0.440. The van der Waals surface area contributed by atoms with Gasteiger partial charge in [-0.2, -0.15) is 4.98 Å². The van der Waals surface area contributed by atoms with Crippen LogP contribution in [0.2, 0.25) is 0 Å². The zero-order valence-electron chi connectivity index (χ0n) is 10.5. The molecule has 0 unspecified atom stereocenters. The van der Waals surface area contributed by atoms with Crippen LogP contribution < -0.4 is 0 Å². The van der Waals surface area contributed by atoms with Crippen LogP contribution in [0.5, 0.6) is 0 Å². The van der Waals surface area contributed by atoms with E-state index < -0.39 is 6.29 Å². The molecule has 1 aromatic heterocycles. The predicted octanol–water partition coefficient (Wildman–Crippen LogP) is 2.80. The van der Waals surface area contributed by atoms with Crippen molar-refractivity contribution in [2.75, 3.05) is 13.2 Å². The van der Waals surface area contributed by atoms with Gasteiger partial charge in [0.1, 0.15) is 0 Å².